The van der Waals surface area contributed by atoms with Crippen molar-refractivity contribution in [3.8, 4) is 0 Å². The van der Waals surface area contributed by atoms with Gasteiger partial charge in [0.15, 0.2) is 0 Å². The van der Waals surface area contributed by atoms with Crippen LogP contribution in [0.15, 0.2) is 41.6 Å². The Bertz CT molecular complexity index is 681. The smallest absolute Gasteiger partial charge is 0.246 e. The van der Waals surface area contributed by atoms with Crippen LogP contribution in [0.3, 0.4) is 0 Å². The summed E-state index contributed by atoms with van der Waals surface area (Å²) >= 11 is 0. The van der Waals surface area contributed by atoms with Crippen molar-refractivity contribution >= 4 is 21.6 Å². The second kappa shape index (κ2) is 5.16. The summed E-state index contributed by atoms with van der Waals surface area (Å²) in [4.78, 5) is 11.6. The highest BCUT2D eigenvalue weighted by Gasteiger charge is 2.09. The van der Waals surface area contributed by atoms with E-state index in [-0.39, 0.29) is 17.3 Å². The summed E-state index contributed by atoms with van der Waals surface area (Å²) in [6.45, 7) is -0.0143. The number of hydrogen-bond acceptors (Lipinski definition) is 5. The van der Waals surface area contributed by atoms with E-state index in [1.165, 1.54) is 29.1 Å². The van der Waals surface area contributed by atoms with Crippen LogP contribution in [0.2, 0.25) is 0 Å². The Balaban J connectivity index is 2.09. The lowest BCUT2D eigenvalue weighted by molar-refractivity contribution is -0.116. The number of primary sulfonamides is 1. The molecule has 0 unspecified atom stereocenters. The molecular formula is C10H11N5O3S. The monoisotopic (exact) mass is 281 g/mol. The minimum atomic E-state index is -3.79. The highest BCUT2D eigenvalue weighted by molar-refractivity contribution is 7.89. The zero-order valence-corrected chi connectivity index (χ0v) is 10.5. The molecule has 1 heterocycles. The number of hydrogen-bond donors (Lipinski definition) is 2. The fourth-order valence-electron chi connectivity index (χ4n) is 1.42. The number of amides is 1. The van der Waals surface area contributed by atoms with Crippen LogP contribution in [0, 0.1) is 0 Å². The Labute approximate surface area is 109 Å². The van der Waals surface area contributed by atoms with Crippen LogP contribution in [0.1, 0.15) is 0 Å². The van der Waals surface area contributed by atoms with E-state index in [2.05, 4.69) is 15.6 Å². The first-order chi connectivity index (χ1) is 8.95. The van der Waals surface area contributed by atoms with Gasteiger partial charge in [-0.05, 0) is 18.2 Å². The van der Waals surface area contributed by atoms with Crippen molar-refractivity contribution in [2.45, 2.75) is 11.4 Å². The third kappa shape index (κ3) is 3.60. The van der Waals surface area contributed by atoms with E-state index in [9.17, 15) is 13.2 Å². The van der Waals surface area contributed by atoms with Gasteiger partial charge < -0.3 is 5.32 Å². The quantitative estimate of drug-likeness (QED) is 0.787. The van der Waals surface area contributed by atoms with Crippen molar-refractivity contribution in [1.82, 2.24) is 15.0 Å². The lowest BCUT2D eigenvalue weighted by Crippen LogP contribution is -2.19. The molecule has 0 aliphatic carbocycles. The Morgan fingerprint density at radius 1 is 1.42 bits per heavy atom. The molecule has 19 heavy (non-hydrogen) atoms. The molecule has 0 saturated carbocycles. The first-order valence-electron chi connectivity index (χ1n) is 5.22. The lowest BCUT2D eigenvalue weighted by Gasteiger charge is -2.06. The van der Waals surface area contributed by atoms with E-state index in [1.807, 2.05) is 0 Å². The molecule has 100 valence electrons. The minimum absolute atomic E-state index is 0.0143. The predicted molar refractivity (Wildman–Crippen MR) is 66.5 cm³/mol. The van der Waals surface area contributed by atoms with Crippen molar-refractivity contribution in [2.75, 3.05) is 5.32 Å². The van der Waals surface area contributed by atoms with E-state index in [1.54, 1.807) is 12.3 Å². The molecule has 0 spiro atoms. The maximum Gasteiger partial charge on any atom is 0.246 e. The number of nitrogens with two attached hydrogens (primary N) is 1. The van der Waals surface area contributed by atoms with Crippen LogP contribution in [0.5, 0.6) is 0 Å². The number of rotatable bonds is 4. The van der Waals surface area contributed by atoms with Gasteiger partial charge in [-0.1, -0.05) is 11.3 Å². The second-order valence-electron chi connectivity index (χ2n) is 3.72. The summed E-state index contributed by atoms with van der Waals surface area (Å²) in [5.74, 6) is -0.350. The number of sulfonamides is 1. The molecule has 0 radical (unpaired) electrons. The van der Waals surface area contributed by atoms with E-state index < -0.39 is 10.0 Å². The molecule has 0 aliphatic heterocycles. The average Bonchev–Trinajstić information content (AvgIpc) is 2.80. The molecule has 0 fully saturated rings. The normalized spacial score (nSPS) is 11.2. The molecule has 9 heteroatoms. The van der Waals surface area contributed by atoms with E-state index in [4.69, 9.17) is 5.14 Å². The zero-order valence-electron chi connectivity index (χ0n) is 9.72. The molecule has 0 aliphatic rings. The molecule has 1 amide bonds. The summed E-state index contributed by atoms with van der Waals surface area (Å²) in [6.07, 6.45) is 3.00. The summed E-state index contributed by atoms with van der Waals surface area (Å²) in [6, 6.07) is 5.69. The number of nitrogens with one attached hydrogen (secondary N) is 1. The zero-order chi connectivity index (χ0) is 13.9. The van der Waals surface area contributed by atoms with Crippen LogP contribution < -0.4 is 10.5 Å². The van der Waals surface area contributed by atoms with Gasteiger partial charge in [0.2, 0.25) is 15.9 Å². The maximum absolute atomic E-state index is 11.7. The Morgan fingerprint density at radius 3 is 2.84 bits per heavy atom. The molecule has 1 aromatic carbocycles. The van der Waals surface area contributed by atoms with Crippen molar-refractivity contribution in [3.05, 3.63) is 36.7 Å². The SMILES string of the molecule is NS(=O)(=O)c1cccc(NC(=O)Cn2ccnn2)c1. The molecule has 2 aromatic rings. The molecule has 0 saturated heterocycles. The molecule has 3 N–H and O–H groups in total. The first-order valence-corrected chi connectivity index (χ1v) is 6.76. The average molecular weight is 281 g/mol. The van der Waals surface area contributed by atoms with Crippen LogP contribution in [-0.4, -0.2) is 29.3 Å². The van der Waals surface area contributed by atoms with Crippen LogP contribution in [-0.2, 0) is 21.4 Å². The van der Waals surface area contributed by atoms with Gasteiger partial charge in [-0.2, -0.15) is 0 Å². The lowest BCUT2D eigenvalue weighted by atomic mass is 10.3. The predicted octanol–water partition coefficient (Wildman–Crippen LogP) is -0.436. The Kier molecular flexibility index (Phi) is 3.58. The van der Waals surface area contributed by atoms with Crippen LogP contribution in [0.4, 0.5) is 5.69 Å². The Hall–Kier alpha value is -2.26. The van der Waals surface area contributed by atoms with Gasteiger partial charge in [0.25, 0.3) is 0 Å². The molecule has 0 bridgehead atoms. The molecule has 8 nitrogen and oxygen atoms in total. The summed E-state index contributed by atoms with van der Waals surface area (Å²) in [5, 5.41) is 14.8. The van der Waals surface area contributed by atoms with Gasteiger partial charge in [0.1, 0.15) is 6.54 Å². The topological polar surface area (TPSA) is 120 Å². The van der Waals surface area contributed by atoms with Crippen LogP contribution in [0.25, 0.3) is 0 Å². The number of carbonyl (C=O) groups is 1. The van der Waals surface area contributed by atoms with Gasteiger partial charge in [0.05, 0.1) is 11.1 Å². The number of carbonyl (C=O) groups excluding carboxylic acids is 1. The van der Waals surface area contributed by atoms with E-state index >= 15 is 0 Å². The van der Waals surface area contributed by atoms with E-state index in [0.717, 1.165) is 0 Å². The molecule has 0 atom stereocenters. The molecular weight excluding hydrogens is 270 g/mol. The molecule has 2 rings (SSSR count). The van der Waals surface area contributed by atoms with Gasteiger partial charge in [-0.25, -0.2) is 18.2 Å². The fraction of sp³-hybridized carbons (Fsp3) is 0.100. The number of nitrogens with zero attached hydrogens (tertiary/aromatic N) is 3. The minimum Gasteiger partial charge on any atom is -0.324 e. The van der Waals surface area contributed by atoms with Crippen molar-refractivity contribution in [2.24, 2.45) is 5.14 Å². The fourth-order valence-corrected chi connectivity index (χ4v) is 1.98. The van der Waals surface area contributed by atoms with Crippen molar-refractivity contribution in [3.63, 3.8) is 0 Å². The first kappa shape index (κ1) is 13.2. The Morgan fingerprint density at radius 2 is 2.21 bits per heavy atom. The van der Waals surface area contributed by atoms with Gasteiger partial charge >= 0.3 is 0 Å². The van der Waals surface area contributed by atoms with Crippen molar-refractivity contribution < 1.29 is 13.2 Å². The summed E-state index contributed by atoms with van der Waals surface area (Å²) in [7, 11) is -3.79. The van der Waals surface area contributed by atoms with E-state index in [0.29, 0.717) is 5.69 Å². The number of anilines is 1. The van der Waals surface area contributed by atoms with Crippen LogP contribution >= 0.6 is 0 Å². The third-order valence-electron chi connectivity index (χ3n) is 2.22. The maximum atomic E-state index is 11.7. The highest BCUT2D eigenvalue weighted by atomic mass is 32.2. The third-order valence-corrected chi connectivity index (χ3v) is 3.13. The van der Waals surface area contributed by atoms with Gasteiger partial charge in [-0.3, -0.25) is 4.79 Å². The largest absolute Gasteiger partial charge is 0.324 e. The highest BCUT2D eigenvalue weighted by Crippen LogP contribution is 2.13. The standard InChI is InChI=1S/C10H11N5O3S/c11-19(17,18)9-3-1-2-8(6-9)13-10(16)7-15-5-4-12-14-15/h1-6H,7H2,(H,13,16)(H2,11,17,18). The number of benzene rings is 1. The number of aromatic nitrogens is 3. The molecule has 1 aromatic heterocycles. The second-order valence-corrected chi connectivity index (χ2v) is 5.28. The summed E-state index contributed by atoms with van der Waals surface area (Å²) in [5.41, 5.74) is 0.344. The van der Waals surface area contributed by atoms with Crippen molar-refractivity contribution in [1.29, 1.82) is 0 Å². The van der Waals surface area contributed by atoms with Gasteiger partial charge in [-0.15, -0.1) is 5.10 Å². The summed E-state index contributed by atoms with van der Waals surface area (Å²) < 4.78 is 23.7. The van der Waals surface area contributed by atoms with Gasteiger partial charge in [0, 0.05) is 11.9 Å².